The van der Waals surface area contributed by atoms with Crippen molar-refractivity contribution < 1.29 is 9.53 Å². The Labute approximate surface area is 85.7 Å². The van der Waals surface area contributed by atoms with Gasteiger partial charge in [-0.2, -0.15) is 0 Å². The molecule has 0 saturated heterocycles. The Balaban J connectivity index is 4.16. The molecule has 0 fully saturated rings. The number of nitrogens with zero attached hydrogens (tertiary/aromatic N) is 1. The quantitative estimate of drug-likeness (QED) is 0.605. The molecule has 0 radical (unpaired) electrons. The summed E-state index contributed by atoms with van der Waals surface area (Å²) in [5, 5.41) is 0. The van der Waals surface area contributed by atoms with Crippen LogP contribution in [0.3, 0.4) is 0 Å². The van der Waals surface area contributed by atoms with E-state index < -0.39 is 6.04 Å². The molecule has 0 aliphatic rings. The van der Waals surface area contributed by atoms with Crippen LogP contribution in [-0.4, -0.2) is 43.7 Å². The lowest BCUT2D eigenvalue weighted by Crippen LogP contribution is -2.44. The number of hydrogen-bond donors (Lipinski definition) is 1. The minimum absolute atomic E-state index is 0.0375. The van der Waals surface area contributed by atoms with Crippen LogP contribution < -0.4 is 5.73 Å². The molecule has 0 aliphatic carbocycles. The van der Waals surface area contributed by atoms with Crippen molar-refractivity contribution in [3.63, 3.8) is 0 Å². The maximum absolute atomic E-state index is 11.7. The van der Waals surface area contributed by atoms with Gasteiger partial charge in [-0.15, -0.1) is 6.58 Å². The second kappa shape index (κ2) is 7.53. The minimum atomic E-state index is -0.410. The molecule has 0 heterocycles. The third kappa shape index (κ3) is 4.39. The molecule has 4 heteroatoms. The third-order valence-electron chi connectivity index (χ3n) is 1.98. The molecule has 14 heavy (non-hydrogen) atoms. The number of rotatable bonds is 7. The Morgan fingerprint density at radius 2 is 2.36 bits per heavy atom. The van der Waals surface area contributed by atoms with E-state index in [0.717, 1.165) is 0 Å². The minimum Gasteiger partial charge on any atom is -0.383 e. The fourth-order valence-electron chi connectivity index (χ4n) is 1.06. The number of amides is 1. The lowest BCUT2D eigenvalue weighted by molar-refractivity contribution is -0.132. The van der Waals surface area contributed by atoms with Gasteiger partial charge in [0.05, 0.1) is 12.6 Å². The molecule has 0 spiro atoms. The predicted octanol–water partition coefficient (Wildman–Crippen LogP) is 0.385. The lowest BCUT2D eigenvalue weighted by atomic mass is 10.2. The van der Waals surface area contributed by atoms with E-state index >= 15 is 0 Å². The van der Waals surface area contributed by atoms with E-state index in [0.29, 0.717) is 26.1 Å². The Bertz CT molecular complexity index is 183. The third-order valence-corrected chi connectivity index (χ3v) is 1.98. The summed E-state index contributed by atoms with van der Waals surface area (Å²) in [6.45, 7) is 7.11. The number of ether oxygens (including phenoxy) is 1. The molecule has 0 rings (SSSR count). The normalized spacial score (nSPS) is 12.2. The highest BCUT2D eigenvalue weighted by atomic mass is 16.5. The highest BCUT2D eigenvalue weighted by Crippen LogP contribution is 1.97. The Kier molecular flexibility index (Phi) is 7.06. The van der Waals surface area contributed by atoms with Crippen molar-refractivity contribution in [1.82, 2.24) is 4.90 Å². The fourth-order valence-corrected chi connectivity index (χ4v) is 1.06. The topological polar surface area (TPSA) is 55.6 Å². The van der Waals surface area contributed by atoms with Crippen molar-refractivity contribution in [1.29, 1.82) is 0 Å². The average molecular weight is 200 g/mol. The van der Waals surface area contributed by atoms with E-state index in [9.17, 15) is 4.79 Å². The Morgan fingerprint density at radius 3 is 2.79 bits per heavy atom. The van der Waals surface area contributed by atoms with Crippen molar-refractivity contribution in [3.05, 3.63) is 12.7 Å². The zero-order chi connectivity index (χ0) is 11.0. The van der Waals surface area contributed by atoms with E-state index in [4.69, 9.17) is 10.5 Å². The van der Waals surface area contributed by atoms with Crippen LogP contribution in [0.5, 0.6) is 0 Å². The molecule has 0 saturated carbocycles. The summed E-state index contributed by atoms with van der Waals surface area (Å²) in [7, 11) is 1.61. The molecule has 1 atom stereocenters. The smallest absolute Gasteiger partial charge is 0.239 e. The molecule has 0 aromatic carbocycles. The van der Waals surface area contributed by atoms with Gasteiger partial charge >= 0.3 is 0 Å². The molecular formula is C10H20N2O2. The van der Waals surface area contributed by atoms with Crippen LogP contribution in [0, 0.1) is 0 Å². The van der Waals surface area contributed by atoms with Crippen molar-refractivity contribution in [3.8, 4) is 0 Å². The SMILES string of the molecule is C=CCN(CCOC)C(=O)[C@H](N)CC. The van der Waals surface area contributed by atoms with E-state index in [1.807, 2.05) is 6.92 Å². The number of carbonyl (C=O) groups excluding carboxylic acids is 1. The standard InChI is InChI=1S/C10H20N2O2/c1-4-6-12(7-8-14-3)10(13)9(11)5-2/h4,9H,1,5-8,11H2,2-3H3/t9-/m1/s1. The van der Waals surface area contributed by atoms with Gasteiger partial charge in [0.15, 0.2) is 0 Å². The summed E-state index contributed by atoms with van der Waals surface area (Å²) in [6, 6.07) is -0.410. The largest absolute Gasteiger partial charge is 0.383 e. The summed E-state index contributed by atoms with van der Waals surface area (Å²) < 4.78 is 4.91. The van der Waals surface area contributed by atoms with Crippen LogP contribution in [0.4, 0.5) is 0 Å². The second-order valence-corrected chi connectivity index (χ2v) is 3.08. The molecular weight excluding hydrogens is 180 g/mol. The predicted molar refractivity (Wildman–Crippen MR) is 56.9 cm³/mol. The lowest BCUT2D eigenvalue weighted by Gasteiger charge is -2.23. The summed E-state index contributed by atoms with van der Waals surface area (Å²) >= 11 is 0. The van der Waals surface area contributed by atoms with E-state index in [2.05, 4.69) is 6.58 Å². The van der Waals surface area contributed by atoms with Gasteiger partial charge in [0, 0.05) is 20.2 Å². The van der Waals surface area contributed by atoms with Crippen LogP contribution in [0.15, 0.2) is 12.7 Å². The van der Waals surface area contributed by atoms with Gasteiger partial charge in [-0.1, -0.05) is 13.0 Å². The monoisotopic (exact) mass is 200 g/mol. The van der Waals surface area contributed by atoms with E-state index in [1.54, 1.807) is 18.1 Å². The van der Waals surface area contributed by atoms with Crippen molar-refractivity contribution >= 4 is 5.91 Å². The Morgan fingerprint density at radius 1 is 1.71 bits per heavy atom. The zero-order valence-electron chi connectivity index (χ0n) is 9.03. The highest BCUT2D eigenvalue weighted by molar-refractivity contribution is 5.81. The summed E-state index contributed by atoms with van der Waals surface area (Å²) in [5.74, 6) is -0.0375. The van der Waals surface area contributed by atoms with E-state index in [1.165, 1.54) is 0 Å². The van der Waals surface area contributed by atoms with Crippen LogP contribution in [0.25, 0.3) is 0 Å². The highest BCUT2D eigenvalue weighted by Gasteiger charge is 2.17. The zero-order valence-corrected chi connectivity index (χ0v) is 9.03. The maximum Gasteiger partial charge on any atom is 0.239 e. The maximum atomic E-state index is 11.7. The Hall–Kier alpha value is -0.870. The first-order valence-corrected chi connectivity index (χ1v) is 4.81. The number of carbonyl (C=O) groups is 1. The van der Waals surface area contributed by atoms with E-state index in [-0.39, 0.29) is 5.91 Å². The van der Waals surface area contributed by atoms with Crippen LogP contribution in [-0.2, 0) is 9.53 Å². The molecule has 0 aromatic heterocycles. The van der Waals surface area contributed by atoms with Crippen LogP contribution in [0.1, 0.15) is 13.3 Å². The molecule has 0 aromatic rings. The van der Waals surface area contributed by atoms with Crippen LogP contribution in [0.2, 0.25) is 0 Å². The number of hydrogen-bond acceptors (Lipinski definition) is 3. The summed E-state index contributed by atoms with van der Waals surface area (Å²) in [4.78, 5) is 13.3. The first-order chi connectivity index (χ1) is 6.67. The molecule has 2 N–H and O–H groups in total. The first-order valence-electron chi connectivity index (χ1n) is 4.81. The van der Waals surface area contributed by atoms with Gasteiger partial charge in [-0.05, 0) is 6.42 Å². The summed E-state index contributed by atoms with van der Waals surface area (Å²) in [5.41, 5.74) is 5.65. The van der Waals surface area contributed by atoms with Gasteiger partial charge in [-0.3, -0.25) is 4.79 Å². The van der Waals surface area contributed by atoms with Gasteiger partial charge in [0.1, 0.15) is 0 Å². The fraction of sp³-hybridized carbons (Fsp3) is 0.700. The van der Waals surface area contributed by atoms with Crippen molar-refractivity contribution in [2.45, 2.75) is 19.4 Å². The first kappa shape index (κ1) is 13.1. The molecule has 82 valence electrons. The molecule has 0 aliphatic heterocycles. The van der Waals surface area contributed by atoms with Gasteiger partial charge in [-0.25, -0.2) is 0 Å². The van der Waals surface area contributed by atoms with Crippen LogP contribution >= 0.6 is 0 Å². The number of methoxy groups -OCH3 is 1. The average Bonchev–Trinajstić information content (AvgIpc) is 2.22. The van der Waals surface area contributed by atoms with Crippen molar-refractivity contribution in [2.75, 3.05) is 26.8 Å². The molecule has 0 bridgehead atoms. The van der Waals surface area contributed by atoms with Gasteiger partial charge in [0.2, 0.25) is 5.91 Å². The number of nitrogens with two attached hydrogens (primary N) is 1. The van der Waals surface area contributed by atoms with Gasteiger partial charge < -0.3 is 15.4 Å². The van der Waals surface area contributed by atoms with Crippen molar-refractivity contribution in [2.24, 2.45) is 5.73 Å². The molecule has 0 unspecified atom stereocenters. The summed E-state index contributed by atoms with van der Waals surface area (Å²) in [6.07, 6.45) is 2.34. The van der Waals surface area contributed by atoms with Gasteiger partial charge in [0.25, 0.3) is 0 Å². The molecule has 1 amide bonds. The second-order valence-electron chi connectivity index (χ2n) is 3.08. The molecule has 4 nitrogen and oxygen atoms in total.